The van der Waals surface area contributed by atoms with Crippen LogP contribution in [0.1, 0.15) is 26.2 Å². The Morgan fingerprint density at radius 1 is 1.38 bits per heavy atom. The maximum atomic E-state index is 11.5. The standard InChI is InChI=1S/C9H15NO3/c1-7(6-8(11)12)9(13)10-4-2-3-5-10/h7H,2-6H2,1H3,(H,11,12). The maximum Gasteiger partial charge on any atom is 0.304 e. The van der Waals surface area contributed by atoms with Gasteiger partial charge in [0.1, 0.15) is 0 Å². The number of carboxylic acid groups (broad SMARTS) is 1. The fourth-order valence-electron chi connectivity index (χ4n) is 1.60. The van der Waals surface area contributed by atoms with Crippen LogP contribution >= 0.6 is 0 Å². The fourth-order valence-corrected chi connectivity index (χ4v) is 1.60. The van der Waals surface area contributed by atoms with Crippen LogP contribution in [0.3, 0.4) is 0 Å². The monoisotopic (exact) mass is 185 g/mol. The Morgan fingerprint density at radius 3 is 2.38 bits per heavy atom. The molecule has 0 aromatic heterocycles. The van der Waals surface area contributed by atoms with Gasteiger partial charge in [0.05, 0.1) is 6.42 Å². The number of likely N-dealkylation sites (tertiary alicyclic amines) is 1. The third-order valence-corrected chi connectivity index (χ3v) is 2.32. The van der Waals surface area contributed by atoms with E-state index in [4.69, 9.17) is 5.11 Å². The van der Waals surface area contributed by atoms with E-state index in [0.29, 0.717) is 0 Å². The topological polar surface area (TPSA) is 57.6 Å². The van der Waals surface area contributed by atoms with Crippen LogP contribution in [0.25, 0.3) is 0 Å². The van der Waals surface area contributed by atoms with Gasteiger partial charge in [-0.2, -0.15) is 0 Å². The van der Waals surface area contributed by atoms with Gasteiger partial charge in [-0.05, 0) is 12.8 Å². The van der Waals surface area contributed by atoms with Crippen LogP contribution in [0.15, 0.2) is 0 Å². The van der Waals surface area contributed by atoms with Crippen LogP contribution in [-0.4, -0.2) is 35.0 Å². The first-order valence-electron chi connectivity index (χ1n) is 4.62. The number of carboxylic acids is 1. The zero-order valence-electron chi connectivity index (χ0n) is 7.82. The van der Waals surface area contributed by atoms with E-state index in [0.717, 1.165) is 25.9 Å². The van der Waals surface area contributed by atoms with Crippen molar-refractivity contribution in [3.8, 4) is 0 Å². The van der Waals surface area contributed by atoms with Gasteiger partial charge in [-0.1, -0.05) is 6.92 Å². The Morgan fingerprint density at radius 2 is 1.92 bits per heavy atom. The van der Waals surface area contributed by atoms with Crippen molar-refractivity contribution in [3.05, 3.63) is 0 Å². The number of rotatable bonds is 3. The molecule has 0 aromatic rings. The molecule has 1 unspecified atom stereocenters. The summed E-state index contributed by atoms with van der Waals surface area (Å²) >= 11 is 0. The summed E-state index contributed by atoms with van der Waals surface area (Å²) in [5, 5.41) is 8.50. The molecule has 4 nitrogen and oxygen atoms in total. The molecule has 74 valence electrons. The van der Waals surface area contributed by atoms with Crippen molar-refractivity contribution in [2.45, 2.75) is 26.2 Å². The van der Waals surface area contributed by atoms with Crippen LogP contribution in [0.5, 0.6) is 0 Å². The van der Waals surface area contributed by atoms with E-state index in [1.807, 2.05) is 0 Å². The lowest BCUT2D eigenvalue weighted by atomic mass is 10.1. The second-order valence-electron chi connectivity index (χ2n) is 3.53. The number of carbonyl (C=O) groups is 2. The molecule has 1 saturated heterocycles. The van der Waals surface area contributed by atoms with Gasteiger partial charge in [-0.25, -0.2) is 0 Å². The molecule has 1 fully saturated rings. The van der Waals surface area contributed by atoms with Crippen LogP contribution in [-0.2, 0) is 9.59 Å². The normalized spacial score (nSPS) is 18.7. The third kappa shape index (κ3) is 2.72. The molecule has 1 N–H and O–H groups in total. The highest BCUT2D eigenvalue weighted by Crippen LogP contribution is 2.13. The van der Waals surface area contributed by atoms with Gasteiger partial charge in [0.15, 0.2) is 0 Å². The molecule has 0 radical (unpaired) electrons. The number of carbonyl (C=O) groups excluding carboxylic acids is 1. The predicted octanol–water partition coefficient (Wildman–Crippen LogP) is 0.720. The average molecular weight is 185 g/mol. The van der Waals surface area contributed by atoms with Crippen LogP contribution in [0.2, 0.25) is 0 Å². The van der Waals surface area contributed by atoms with Gasteiger partial charge in [-0.3, -0.25) is 9.59 Å². The minimum absolute atomic E-state index is 0.0140. The minimum atomic E-state index is -0.903. The predicted molar refractivity (Wildman–Crippen MR) is 47.2 cm³/mol. The second kappa shape index (κ2) is 4.25. The van der Waals surface area contributed by atoms with E-state index in [2.05, 4.69) is 0 Å². The summed E-state index contributed by atoms with van der Waals surface area (Å²) in [6.07, 6.45) is 2.03. The lowest BCUT2D eigenvalue weighted by molar-refractivity contribution is -0.143. The molecule has 1 heterocycles. The number of aliphatic carboxylic acids is 1. The van der Waals surface area contributed by atoms with Crippen molar-refractivity contribution < 1.29 is 14.7 Å². The van der Waals surface area contributed by atoms with Crippen molar-refractivity contribution in [2.75, 3.05) is 13.1 Å². The first-order chi connectivity index (χ1) is 6.11. The molecule has 1 amide bonds. The Hall–Kier alpha value is -1.06. The lowest BCUT2D eigenvalue weighted by Gasteiger charge is -2.18. The highest BCUT2D eigenvalue weighted by Gasteiger charge is 2.24. The number of hydrogen-bond acceptors (Lipinski definition) is 2. The number of amides is 1. The zero-order chi connectivity index (χ0) is 9.84. The Labute approximate surface area is 77.5 Å². The quantitative estimate of drug-likeness (QED) is 0.704. The maximum absolute atomic E-state index is 11.5. The van der Waals surface area contributed by atoms with Crippen molar-refractivity contribution in [2.24, 2.45) is 5.92 Å². The largest absolute Gasteiger partial charge is 0.481 e. The van der Waals surface area contributed by atoms with E-state index in [-0.39, 0.29) is 18.2 Å². The molecule has 13 heavy (non-hydrogen) atoms. The molecule has 1 aliphatic rings. The highest BCUT2D eigenvalue weighted by atomic mass is 16.4. The van der Waals surface area contributed by atoms with E-state index in [9.17, 15) is 9.59 Å². The molecule has 1 atom stereocenters. The van der Waals surface area contributed by atoms with Crippen LogP contribution < -0.4 is 0 Å². The van der Waals surface area contributed by atoms with Gasteiger partial charge in [-0.15, -0.1) is 0 Å². The lowest BCUT2D eigenvalue weighted by Crippen LogP contribution is -2.33. The summed E-state index contributed by atoms with van der Waals surface area (Å²) in [4.78, 5) is 23.7. The van der Waals surface area contributed by atoms with E-state index >= 15 is 0 Å². The summed E-state index contributed by atoms with van der Waals surface area (Å²) in [6, 6.07) is 0. The van der Waals surface area contributed by atoms with E-state index in [1.54, 1.807) is 11.8 Å². The van der Waals surface area contributed by atoms with Crippen molar-refractivity contribution in [3.63, 3.8) is 0 Å². The molecule has 0 saturated carbocycles. The van der Waals surface area contributed by atoms with Gasteiger partial charge in [0.25, 0.3) is 0 Å². The highest BCUT2D eigenvalue weighted by molar-refractivity contribution is 5.83. The van der Waals surface area contributed by atoms with E-state index < -0.39 is 5.97 Å². The SMILES string of the molecule is CC(CC(=O)O)C(=O)N1CCCC1. The molecule has 0 spiro atoms. The van der Waals surface area contributed by atoms with Crippen molar-refractivity contribution in [1.29, 1.82) is 0 Å². The molecular formula is C9H15NO3. The third-order valence-electron chi connectivity index (χ3n) is 2.32. The smallest absolute Gasteiger partial charge is 0.304 e. The summed E-state index contributed by atoms with van der Waals surface area (Å²) < 4.78 is 0. The summed E-state index contributed by atoms with van der Waals surface area (Å²) in [7, 11) is 0. The van der Waals surface area contributed by atoms with E-state index in [1.165, 1.54) is 0 Å². The first-order valence-corrected chi connectivity index (χ1v) is 4.62. The molecule has 0 bridgehead atoms. The number of nitrogens with zero attached hydrogens (tertiary/aromatic N) is 1. The van der Waals surface area contributed by atoms with Gasteiger partial charge < -0.3 is 10.0 Å². The summed E-state index contributed by atoms with van der Waals surface area (Å²) in [5.74, 6) is -1.30. The van der Waals surface area contributed by atoms with Crippen LogP contribution in [0, 0.1) is 5.92 Å². The first kappa shape index (κ1) is 10.0. The van der Waals surface area contributed by atoms with Gasteiger partial charge in [0, 0.05) is 19.0 Å². The summed E-state index contributed by atoms with van der Waals surface area (Å²) in [5.41, 5.74) is 0. The van der Waals surface area contributed by atoms with Gasteiger partial charge >= 0.3 is 5.97 Å². The molecule has 4 heteroatoms. The second-order valence-corrected chi connectivity index (χ2v) is 3.53. The number of hydrogen-bond donors (Lipinski definition) is 1. The van der Waals surface area contributed by atoms with Crippen molar-refractivity contribution in [1.82, 2.24) is 4.90 Å². The molecule has 1 rings (SSSR count). The average Bonchev–Trinajstić information content (AvgIpc) is 2.53. The summed E-state index contributed by atoms with van der Waals surface area (Å²) in [6.45, 7) is 3.26. The zero-order valence-corrected chi connectivity index (χ0v) is 7.82. The van der Waals surface area contributed by atoms with Crippen LogP contribution in [0.4, 0.5) is 0 Å². The molecule has 1 aliphatic heterocycles. The fraction of sp³-hybridized carbons (Fsp3) is 0.778. The Balaban J connectivity index is 2.41. The Kier molecular flexibility index (Phi) is 3.28. The van der Waals surface area contributed by atoms with Crippen molar-refractivity contribution >= 4 is 11.9 Å². The van der Waals surface area contributed by atoms with Gasteiger partial charge in [0.2, 0.25) is 5.91 Å². The molecular weight excluding hydrogens is 170 g/mol. The molecule has 0 aromatic carbocycles. The molecule has 0 aliphatic carbocycles. The Bertz CT molecular complexity index is 209. The minimum Gasteiger partial charge on any atom is -0.481 e.